The van der Waals surface area contributed by atoms with Gasteiger partial charge in [0.05, 0.1) is 5.69 Å². The van der Waals surface area contributed by atoms with Gasteiger partial charge >= 0.3 is 0 Å². The van der Waals surface area contributed by atoms with Crippen LogP contribution in [0.4, 0.5) is 15.9 Å². The molecule has 0 saturated heterocycles. The highest BCUT2D eigenvalue weighted by Crippen LogP contribution is 2.30. The molecular weight excluding hydrogens is 308 g/mol. The van der Waals surface area contributed by atoms with Crippen LogP contribution in [0.2, 0.25) is 5.02 Å². The molecule has 2 rings (SSSR count). The fourth-order valence-electron chi connectivity index (χ4n) is 1.28. The van der Waals surface area contributed by atoms with Crippen molar-refractivity contribution in [2.24, 2.45) is 0 Å². The summed E-state index contributed by atoms with van der Waals surface area (Å²) in [5.74, 6) is -0.213. The molecule has 3 nitrogen and oxygen atoms in total. The summed E-state index contributed by atoms with van der Waals surface area (Å²) in [4.78, 5) is 7.28. The number of aromatic nitrogens is 2. The summed E-state index contributed by atoms with van der Waals surface area (Å²) in [6.45, 7) is 1.90. The molecule has 0 atom stereocenters. The minimum Gasteiger partial charge on any atom is -0.339 e. The number of hydrogen-bond acceptors (Lipinski definition) is 3. The van der Waals surface area contributed by atoms with Crippen LogP contribution in [-0.4, -0.2) is 9.97 Å². The third kappa shape index (κ3) is 2.92. The first-order valence-corrected chi connectivity index (χ1v) is 5.93. The first-order valence-electron chi connectivity index (χ1n) is 4.76. The Labute approximate surface area is 111 Å². The standard InChI is InChI=1S/C11H8BrClFN3/c1-6-2-7(12)9(3-8(6)13)17-11-4-10(14)15-5-16-11/h2-5H,1H3,(H,15,16,17). The molecule has 1 aromatic heterocycles. The van der Waals surface area contributed by atoms with Crippen LogP contribution in [0.5, 0.6) is 0 Å². The number of nitrogens with zero attached hydrogens (tertiary/aromatic N) is 2. The SMILES string of the molecule is Cc1cc(Br)c(Nc2cc(F)ncn2)cc1Cl. The maximum atomic E-state index is 12.9. The maximum Gasteiger partial charge on any atom is 0.218 e. The van der Waals surface area contributed by atoms with Crippen molar-refractivity contribution in [2.75, 3.05) is 5.32 Å². The zero-order valence-corrected chi connectivity index (χ0v) is 11.2. The number of aryl methyl sites for hydroxylation is 1. The van der Waals surface area contributed by atoms with Crippen LogP contribution in [0.25, 0.3) is 0 Å². The molecule has 6 heteroatoms. The van der Waals surface area contributed by atoms with E-state index in [4.69, 9.17) is 11.6 Å². The average Bonchev–Trinajstić information content (AvgIpc) is 2.26. The van der Waals surface area contributed by atoms with E-state index in [9.17, 15) is 4.39 Å². The van der Waals surface area contributed by atoms with Gasteiger partial charge in [-0.15, -0.1) is 0 Å². The van der Waals surface area contributed by atoms with E-state index < -0.39 is 5.95 Å². The monoisotopic (exact) mass is 315 g/mol. The fourth-order valence-corrected chi connectivity index (χ4v) is 2.00. The van der Waals surface area contributed by atoms with Crippen molar-refractivity contribution < 1.29 is 4.39 Å². The Morgan fingerprint density at radius 2 is 2.06 bits per heavy atom. The van der Waals surface area contributed by atoms with Crippen LogP contribution in [0.15, 0.2) is 29.0 Å². The predicted molar refractivity (Wildman–Crippen MR) is 69.2 cm³/mol. The molecule has 0 saturated carbocycles. The average molecular weight is 317 g/mol. The summed E-state index contributed by atoms with van der Waals surface area (Å²) >= 11 is 9.41. The highest BCUT2D eigenvalue weighted by atomic mass is 79.9. The Kier molecular flexibility index (Phi) is 3.59. The highest BCUT2D eigenvalue weighted by molar-refractivity contribution is 9.10. The van der Waals surface area contributed by atoms with E-state index in [-0.39, 0.29) is 0 Å². The second kappa shape index (κ2) is 4.98. The second-order valence-corrected chi connectivity index (χ2v) is 4.69. The van der Waals surface area contributed by atoms with Crippen LogP contribution in [-0.2, 0) is 0 Å². The van der Waals surface area contributed by atoms with Gasteiger partial charge in [-0.05, 0) is 40.5 Å². The summed E-state index contributed by atoms with van der Waals surface area (Å²) < 4.78 is 13.7. The summed E-state index contributed by atoms with van der Waals surface area (Å²) in [6.07, 6.45) is 1.15. The molecule has 0 aliphatic heterocycles. The molecule has 17 heavy (non-hydrogen) atoms. The number of nitrogens with one attached hydrogen (secondary N) is 1. The van der Waals surface area contributed by atoms with E-state index >= 15 is 0 Å². The van der Waals surface area contributed by atoms with E-state index in [1.165, 1.54) is 6.07 Å². The molecule has 0 aliphatic carbocycles. The largest absolute Gasteiger partial charge is 0.339 e. The van der Waals surface area contributed by atoms with Crippen molar-refractivity contribution in [3.05, 3.63) is 45.5 Å². The molecular formula is C11H8BrClFN3. The molecule has 0 spiro atoms. The molecule has 2 aromatic rings. The third-order valence-electron chi connectivity index (χ3n) is 2.14. The quantitative estimate of drug-likeness (QED) is 0.848. The van der Waals surface area contributed by atoms with Crippen molar-refractivity contribution in [1.29, 1.82) is 0 Å². The first-order chi connectivity index (χ1) is 8.06. The van der Waals surface area contributed by atoms with Gasteiger partial charge in [0, 0.05) is 15.6 Å². The fraction of sp³-hybridized carbons (Fsp3) is 0.0909. The predicted octanol–water partition coefficient (Wildman–Crippen LogP) is 4.08. The van der Waals surface area contributed by atoms with Crippen molar-refractivity contribution in [1.82, 2.24) is 9.97 Å². The zero-order chi connectivity index (χ0) is 12.4. The number of hydrogen-bond donors (Lipinski definition) is 1. The second-order valence-electron chi connectivity index (χ2n) is 3.43. The Bertz CT molecular complexity index is 562. The Morgan fingerprint density at radius 1 is 1.29 bits per heavy atom. The number of anilines is 2. The van der Waals surface area contributed by atoms with E-state index in [0.29, 0.717) is 10.8 Å². The lowest BCUT2D eigenvalue weighted by atomic mass is 10.2. The molecule has 0 bridgehead atoms. The van der Waals surface area contributed by atoms with Crippen molar-refractivity contribution in [3.8, 4) is 0 Å². The highest BCUT2D eigenvalue weighted by Gasteiger charge is 2.06. The lowest BCUT2D eigenvalue weighted by molar-refractivity contribution is 0.580. The summed E-state index contributed by atoms with van der Waals surface area (Å²) in [5.41, 5.74) is 1.68. The summed E-state index contributed by atoms with van der Waals surface area (Å²) in [5, 5.41) is 3.59. The van der Waals surface area contributed by atoms with Crippen LogP contribution in [0.3, 0.4) is 0 Å². The summed E-state index contributed by atoms with van der Waals surface area (Å²) in [7, 11) is 0. The van der Waals surface area contributed by atoms with Crippen LogP contribution >= 0.6 is 27.5 Å². The van der Waals surface area contributed by atoms with Gasteiger partial charge in [-0.3, -0.25) is 0 Å². The molecule has 0 amide bonds. The molecule has 0 aliphatic rings. The molecule has 1 N–H and O–H groups in total. The molecule has 0 unspecified atom stereocenters. The van der Waals surface area contributed by atoms with E-state index in [1.807, 2.05) is 13.0 Å². The smallest absolute Gasteiger partial charge is 0.218 e. The molecule has 88 valence electrons. The van der Waals surface area contributed by atoms with Gasteiger partial charge in [-0.1, -0.05) is 11.6 Å². The van der Waals surface area contributed by atoms with Crippen LogP contribution in [0.1, 0.15) is 5.56 Å². The Balaban J connectivity index is 2.33. The first kappa shape index (κ1) is 12.3. The topological polar surface area (TPSA) is 37.8 Å². The molecule has 0 fully saturated rings. The van der Waals surface area contributed by atoms with Crippen molar-refractivity contribution in [3.63, 3.8) is 0 Å². The van der Waals surface area contributed by atoms with Gasteiger partial charge in [0.15, 0.2) is 0 Å². The van der Waals surface area contributed by atoms with E-state index in [0.717, 1.165) is 22.1 Å². The van der Waals surface area contributed by atoms with Crippen LogP contribution < -0.4 is 5.32 Å². The Hall–Kier alpha value is -1.20. The van der Waals surface area contributed by atoms with Gasteiger partial charge < -0.3 is 5.32 Å². The van der Waals surface area contributed by atoms with E-state index in [2.05, 4.69) is 31.2 Å². The minimum absolute atomic E-state index is 0.373. The normalized spacial score (nSPS) is 10.4. The van der Waals surface area contributed by atoms with Crippen molar-refractivity contribution in [2.45, 2.75) is 6.92 Å². The van der Waals surface area contributed by atoms with E-state index in [1.54, 1.807) is 6.07 Å². The minimum atomic E-state index is -0.586. The van der Waals surface area contributed by atoms with Crippen molar-refractivity contribution >= 4 is 39.0 Å². The summed E-state index contributed by atoms with van der Waals surface area (Å²) in [6, 6.07) is 4.84. The zero-order valence-electron chi connectivity index (χ0n) is 8.84. The maximum absolute atomic E-state index is 12.9. The Morgan fingerprint density at radius 3 is 2.76 bits per heavy atom. The lowest BCUT2D eigenvalue weighted by Gasteiger charge is -2.09. The van der Waals surface area contributed by atoms with Gasteiger partial charge in [0.25, 0.3) is 0 Å². The molecule has 1 aromatic carbocycles. The lowest BCUT2D eigenvalue weighted by Crippen LogP contribution is -1.97. The van der Waals surface area contributed by atoms with Gasteiger partial charge in [-0.25, -0.2) is 9.97 Å². The third-order valence-corrected chi connectivity index (χ3v) is 3.21. The van der Waals surface area contributed by atoms with Gasteiger partial charge in [0.1, 0.15) is 12.1 Å². The number of rotatable bonds is 2. The van der Waals surface area contributed by atoms with Gasteiger partial charge in [-0.2, -0.15) is 4.39 Å². The van der Waals surface area contributed by atoms with Crippen LogP contribution in [0, 0.1) is 12.9 Å². The number of halogens is 3. The van der Waals surface area contributed by atoms with Gasteiger partial charge in [0.2, 0.25) is 5.95 Å². The number of benzene rings is 1. The molecule has 0 radical (unpaired) electrons. The molecule has 1 heterocycles.